The molecule has 13 heteroatoms. The average Bonchev–Trinajstić information content (AvgIpc) is 2.53. The Morgan fingerprint density at radius 2 is 1.32 bits per heavy atom. The van der Waals surface area contributed by atoms with E-state index in [2.05, 4.69) is 4.72 Å². The molecule has 0 bridgehead atoms. The minimum Gasteiger partial charge on any atom is -0.383 e. The molecule has 0 saturated heterocycles. The Kier molecular flexibility index (Phi) is 10.3. The van der Waals surface area contributed by atoms with Gasteiger partial charge in [0.15, 0.2) is 0 Å². The van der Waals surface area contributed by atoms with Gasteiger partial charge in [0.1, 0.15) is 9.79 Å². The minimum absolute atomic E-state index is 0.00895. The lowest BCUT2D eigenvalue weighted by atomic mass is 10.4. The maximum atomic E-state index is 11.7. The fourth-order valence-electron chi connectivity index (χ4n) is 1.72. The van der Waals surface area contributed by atoms with Crippen LogP contribution in [0.2, 0.25) is 20.1 Å². The van der Waals surface area contributed by atoms with Crippen LogP contribution in [-0.2, 0) is 23.8 Å². The lowest BCUT2D eigenvalue weighted by Gasteiger charge is -2.07. The Balaban J connectivity index is 0.000000292. The summed E-state index contributed by atoms with van der Waals surface area (Å²) in [5.41, 5.74) is 0. The molecule has 0 atom stereocenters. The monoisotopic (exact) mass is 527 g/mol. The van der Waals surface area contributed by atoms with Crippen LogP contribution < -0.4 is 4.72 Å². The normalized spacial score (nSPS) is 11.6. The van der Waals surface area contributed by atoms with Gasteiger partial charge in [0.25, 0.3) is 9.05 Å². The zero-order valence-corrected chi connectivity index (χ0v) is 19.5. The number of sulfonamides is 1. The summed E-state index contributed by atoms with van der Waals surface area (Å²) < 4.78 is 52.2. The van der Waals surface area contributed by atoms with Crippen LogP contribution in [0, 0.1) is 0 Å². The second kappa shape index (κ2) is 11.2. The summed E-state index contributed by atoms with van der Waals surface area (Å²) in [5.74, 6) is 0. The molecule has 156 valence electrons. The van der Waals surface area contributed by atoms with Crippen LogP contribution in [0.3, 0.4) is 0 Å². The second-order valence-corrected chi connectivity index (χ2v) is 10.9. The van der Waals surface area contributed by atoms with Crippen LogP contribution in [0.25, 0.3) is 0 Å². The lowest BCUT2D eigenvalue weighted by Crippen LogP contribution is -2.27. The fraction of sp³-hybridized carbons (Fsp3) is 0.200. The summed E-state index contributed by atoms with van der Waals surface area (Å²) in [7, 11) is -0.819. The van der Waals surface area contributed by atoms with Crippen molar-refractivity contribution in [2.45, 2.75) is 9.79 Å². The molecule has 2 aromatic carbocycles. The minimum atomic E-state index is -3.77. The Morgan fingerprint density at radius 3 is 1.71 bits per heavy atom. The van der Waals surface area contributed by atoms with Crippen LogP contribution >= 0.6 is 57.1 Å². The first-order valence-corrected chi connectivity index (χ1v) is 12.5. The fourth-order valence-corrected chi connectivity index (χ4v) is 5.26. The molecule has 0 spiro atoms. The molecule has 0 amide bonds. The predicted octanol–water partition coefficient (Wildman–Crippen LogP) is 4.84. The van der Waals surface area contributed by atoms with Crippen molar-refractivity contribution in [3.8, 4) is 0 Å². The van der Waals surface area contributed by atoms with E-state index in [0.29, 0.717) is 16.7 Å². The van der Waals surface area contributed by atoms with E-state index < -0.39 is 19.1 Å². The summed E-state index contributed by atoms with van der Waals surface area (Å²) in [6.45, 7) is 0.488. The number of rotatable bonds is 6. The van der Waals surface area contributed by atoms with E-state index in [0.717, 1.165) is 0 Å². The van der Waals surface area contributed by atoms with Crippen molar-refractivity contribution in [1.82, 2.24) is 4.72 Å². The molecule has 0 aliphatic heterocycles. The highest BCUT2D eigenvalue weighted by molar-refractivity contribution is 8.13. The van der Waals surface area contributed by atoms with E-state index in [1.165, 1.54) is 43.5 Å². The van der Waals surface area contributed by atoms with E-state index in [-0.39, 0.29) is 26.4 Å². The van der Waals surface area contributed by atoms with Gasteiger partial charge >= 0.3 is 0 Å². The molecule has 2 rings (SSSR count). The lowest BCUT2D eigenvalue weighted by molar-refractivity contribution is 0.204. The molecule has 2 aromatic rings. The molecule has 0 aromatic heterocycles. The molecular formula is C15H14Cl5NO5S2. The Labute approximate surface area is 188 Å². The first kappa shape index (κ1) is 25.7. The van der Waals surface area contributed by atoms with Gasteiger partial charge in [-0.25, -0.2) is 21.6 Å². The second-order valence-electron chi connectivity index (χ2n) is 4.98. The van der Waals surface area contributed by atoms with Gasteiger partial charge in [0, 0.05) is 34.4 Å². The molecular weight excluding hydrogens is 516 g/mol. The van der Waals surface area contributed by atoms with Crippen molar-refractivity contribution < 1.29 is 21.6 Å². The summed E-state index contributed by atoms with van der Waals surface area (Å²) in [5, 5.41) is 0.875. The Morgan fingerprint density at radius 1 is 0.857 bits per heavy atom. The van der Waals surface area contributed by atoms with E-state index in [1.807, 2.05) is 0 Å². The number of hydrogen-bond donors (Lipinski definition) is 1. The van der Waals surface area contributed by atoms with Gasteiger partial charge in [-0.3, -0.25) is 0 Å². The van der Waals surface area contributed by atoms with E-state index in [9.17, 15) is 16.8 Å². The number of methoxy groups -OCH3 is 1. The summed E-state index contributed by atoms with van der Waals surface area (Å²) in [6.07, 6.45) is 0. The van der Waals surface area contributed by atoms with Crippen molar-refractivity contribution in [2.24, 2.45) is 0 Å². The maximum absolute atomic E-state index is 11.7. The number of benzene rings is 2. The summed E-state index contributed by atoms with van der Waals surface area (Å²) in [4.78, 5) is -0.120. The van der Waals surface area contributed by atoms with Crippen LogP contribution in [0.1, 0.15) is 0 Å². The molecule has 0 unspecified atom stereocenters. The molecule has 0 heterocycles. The number of nitrogens with one attached hydrogen (secondary N) is 1. The van der Waals surface area contributed by atoms with Gasteiger partial charge in [-0.1, -0.05) is 46.4 Å². The van der Waals surface area contributed by atoms with Crippen LogP contribution in [0.4, 0.5) is 0 Å². The zero-order valence-electron chi connectivity index (χ0n) is 14.1. The van der Waals surface area contributed by atoms with Crippen molar-refractivity contribution in [1.29, 1.82) is 0 Å². The van der Waals surface area contributed by atoms with Gasteiger partial charge in [0.05, 0.1) is 16.7 Å². The molecule has 0 saturated carbocycles. The van der Waals surface area contributed by atoms with Crippen molar-refractivity contribution in [3.63, 3.8) is 0 Å². The topological polar surface area (TPSA) is 89.5 Å². The smallest absolute Gasteiger partial charge is 0.262 e. The molecule has 1 N–H and O–H groups in total. The third-order valence-corrected chi connectivity index (χ3v) is 7.16. The van der Waals surface area contributed by atoms with Crippen molar-refractivity contribution >= 4 is 76.2 Å². The molecule has 0 fully saturated rings. The highest BCUT2D eigenvalue weighted by atomic mass is 35.7. The molecule has 0 aliphatic rings. The largest absolute Gasteiger partial charge is 0.383 e. The standard InChI is InChI=1S/C9H11Cl2NO3S.C6H3Cl3O2S/c1-15-5-4-12-16(13,14)9-3-2-7(10)6-8(9)11;7-4-1-2-6(5(8)3-4)12(9,10)11/h2-3,6,12H,4-5H2,1H3;1-3H. The Hall–Kier alpha value is -0.290. The van der Waals surface area contributed by atoms with Crippen molar-refractivity contribution in [2.75, 3.05) is 20.3 Å². The quantitative estimate of drug-likeness (QED) is 0.427. The number of halogens is 5. The third kappa shape index (κ3) is 8.22. The maximum Gasteiger partial charge on any atom is 0.262 e. The molecule has 28 heavy (non-hydrogen) atoms. The Bertz CT molecular complexity index is 1030. The van der Waals surface area contributed by atoms with Crippen LogP contribution in [-0.4, -0.2) is 37.1 Å². The first-order valence-electron chi connectivity index (χ1n) is 7.22. The third-order valence-electron chi connectivity index (χ3n) is 2.94. The molecule has 0 aliphatic carbocycles. The predicted molar refractivity (Wildman–Crippen MR) is 113 cm³/mol. The van der Waals surface area contributed by atoms with Crippen LogP contribution in [0.5, 0.6) is 0 Å². The van der Waals surface area contributed by atoms with Gasteiger partial charge in [-0.2, -0.15) is 0 Å². The van der Waals surface area contributed by atoms with Gasteiger partial charge < -0.3 is 4.74 Å². The highest BCUT2D eigenvalue weighted by Crippen LogP contribution is 2.27. The summed E-state index contributed by atoms with van der Waals surface area (Å²) >= 11 is 22.6. The summed E-state index contributed by atoms with van der Waals surface area (Å²) in [6, 6.07) is 8.19. The number of hydrogen-bond acceptors (Lipinski definition) is 5. The number of ether oxygens (including phenoxy) is 1. The average molecular weight is 530 g/mol. The van der Waals surface area contributed by atoms with Gasteiger partial charge in [0.2, 0.25) is 10.0 Å². The van der Waals surface area contributed by atoms with E-state index in [4.69, 9.17) is 61.8 Å². The van der Waals surface area contributed by atoms with Gasteiger partial charge in [-0.15, -0.1) is 0 Å². The van der Waals surface area contributed by atoms with E-state index in [1.54, 1.807) is 0 Å². The molecule has 0 radical (unpaired) electrons. The van der Waals surface area contributed by atoms with Crippen LogP contribution in [0.15, 0.2) is 46.2 Å². The SMILES string of the molecule is COCCNS(=O)(=O)c1ccc(Cl)cc1Cl.O=S(=O)(Cl)c1ccc(Cl)cc1Cl. The molecule has 6 nitrogen and oxygen atoms in total. The zero-order chi connectivity index (χ0) is 21.5. The van der Waals surface area contributed by atoms with Gasteiger partial charge in [-0.05, 0) is 36.4 Å². The van der Waals surface area contributed by atoms with Crippen molar-refractivity contribution in [3.05, 3.63) is 56.5 Å². The first-order chi connectivity index (χ1) is 12.9. The highest BCUT2D eigenvalue weighted by Gasteiger charge is 2.17. The van der Waals surface area contributed by atoms with E-state index >= 15 is 0 Å².